The summed E-state index contributed by atoms with van der Waals surface area (Å²) in [5.74, 6) is -0.00648. The van der Waals surface area contributed by atoms with Crippen LogP contribution in [-0.4, -0.2) is 29.9 Å². The van der Waals surface area contributed by atoms with Gasteiger partial charge in [0, 0.05) is 6.42 Å². The van der Waals surface area contributed by atoms with Crippen LogP contribution >= 0.6 is 0 Å². The molecule has 0 aromatic rings. The maximum absolute atomic E-state index is 11.3. The fourth-order valence-electron chi connectivity index (χ4n) is 1.66. The van der Waals surface area contributed by atoms with Gasteiger partial charge in [-0.3, -0.25) is 4.79 Å². The third-order valence-electron chi connectivity index (χ3n) is 2.75. The third kappa shape index (κ3) is 16.0. The molecule has 0 aliphatic carbocycles. The molecule has 0 amide bonds. The zero-order valence-electron chi connectivity index (χ0n) is 11.1. The van der Waals surface area contributed by atoms with E-state index in [1.807, 2.05) is 0 Å². The molecule has 17 heavy (non-hydrogen) atoms. The summed E-state index contributed by atoms with van der Waals surface area (Å²) in [5, 5.41) is 0. The van der Waals surface area contributed by atoms with E-state index in [1.54, 1.807) is 0 Å². The second kappa shape index (κ2) is 16.0. The lowest BCUT2D eigenvalue weighted by Crippen LogP contribution is -2.05. The molecule has 0 heterocycles. The van der Waals surface area contributed by atoms with E-state index in [-0.39, 0.29) is 23.3 Å². The van der Waals surface area contributed by atoms with Crippen LogP contribution in [0.3, 0.4) is 0 Å². The summed E-state index contributed by atoms with van der Waals surface area (Å²) >= 11 is 0. The van der Waals surface area contributed by atoms with Crippen molar-refractivity contribution >= 4 is 23.3 Å². The van der Waals surface area contributed by atoms with Gasteiger partial charge in [-0.2, -0.15) is 0 Å². The Morgan fingerprint density at radius 3 is 1.94 bits per heavy atom. The van der Waals surface area contributed by atoms with Crippen molar-refractivity contribution in [2.75, 3.05) is 6.61 Å². The maximum Gasteiger partial charge on any atom is 0.305 e. The normalized spacial score (nSPS) is 9.76. The van der Waals surface area contributed by atoms with E-state index >= 15 is 0 Å². The van der Waals surface area contributed by atoms with Crippen molar-refractivity contribution in [3.63, 3.8) is 0 Å². The van der Waals surface area contributed by atoms with Crippen LogP contribution in [0.25, 0.3) is 0 Å². The largest absolute Gasteiger partial charge is 0.466 e. The molecule has 0 saturated heterocycles. The highest BCUT2D eigenvalue weighted by Crippen LogP contribution is 2.06. The molecule has 0 aliphatic heterocycles. The number of carbonyl (C=O) groups excluding carboxylic acids is 1. The van der Waals surface area contributed by atoms with Crippen LogP contribution in [0.2, 0.25) is 0 Å². The second-order valence-electron chi connectivity index (χ2n) is 4.45. The molecule has 0 bridgehead atoms. The van der Waals surface area contributed by atoms with Gasteiger partial charge >= 0.3 is 5.97 Å². The quantitative estimate of drug-likeness (QED) is 0.323. The lowest BCUT2D eigenvalue weighted by molar-refractivity contribution is -0.143. The number of hydrogen-bond acceptors (Lipinski definition) is 2. The highest BCUT2D eigenvalue weighted by Gasteiger charge is 2.01. The number of rotatable bonds is 11. The number of ether oxygens (including phenoxy) is 1. The minimum Gasteiger partial charge on any atom is -0.466 e. The Labute approximate surface area is 118 Å². The summed E-state index contributed by atoms with van der Waals surface area (Å²) in [6, 6.07) is 0. The first kappa shape index (κ1) is 19.3. The highest BCUT2D eigenvalue weighted by molar-refractivity contribution is 5.75. The minimum absolute atomic E-state index is 0. The number of unbranched alkanes of at least 4 members (excludes halogenated alkanes) is 7. The van der Waals surface area contributed by atoms with Gasteiger partial charge in [0.15, 0.2) is 17.4 Å². The molecule has 0 aliphatic rings. The van der Waals surface area contributed by atoms with Gasteiger partial charge in [0.2, 0.25) is 0 Å². The molecular formula is C14H31AlO2. The molecule has 0 radical (unpaired) electrons. The molecule has 2 nitrogen and oxygen atoms in total. The Kier molecular flexibility index (Phi) is 18.2. The summed E-state index contributed by atoms with van der Waals surface area (Å²) in [4.78, 5) is 11.3. The van der Waals surface area contributed by atoms with E-state index in [9.17, 15) is 4.79 Å². The highest BCUT2D eigenvalue weighted by atomic mass is 27.0. The van der Waals surface area contributed by atoms with E-state index < -0.39 is 0 Å². The van der Waals surface area contributed by atoms with Crippen LogP contribution in [0, 0.1) is 0 Å². The molecule has 0 rings (SSSR count). The number of esters is 1. The number of hydrogen-bond donors (Lipinski definition) is 0. The van der Waals surface area contributed by atoms with Gasteiger partial charge < -0.3 is 4.74 Å². The van der Waals surface area contributed by atoms with Crippen molar-refractivity contribution in [3.05, 3.63) is 0 Å². The molecule has 0 spiro atoms. The number of carbonyl (C=O) groups is 1. The zero-order valence-corrected chi connectivity index (χ0v) is 11.1. The Bertz CT molecular complexity index is 144. The monoisotopic (exact) mass is 258 g/mol. The van der Waals surface area contributed by atoms with Crippen molar-refractivity contribution in [1.82, 2.24) is 0 Å². The Morgan fingerprint density at radius 2 is 1.35 bits per heavy atom. The first-order chi connectivity index (χ1) is 7.81. The predicted molar refractivity (Wildman–Crippen MR) is 78.4 cm³/mol. The average molecular weight is 258 g/mol. The molecule has 0 saturated carbocycles. The van der Waals surface area contributed by atoms with Gasteiger partial charge in [-0.15, -0.1) is 0 Å². The first-order valence-corrected chi connectivity index (χ1v) is 6.96. The van der Waals surface area contributed by atoms with E-state index in [0.717, 1.165) is 12.8 Å². The maximum atomic E-state index is 11.3. The Hall–Kier alpha value is 0.00247. The SMILES string of the molecule is CCCCCCCC(=O)OCCCCCC.[AlH3]. The van der Waals surface area contributed by atoms with Crippen molar-refractivity contribution in [2.24, 2.45) is 0 Å². The van der Waals surface area contributed by atoms with Crippen molar-refractivity contribution < 1.29 is 9.53 Å². The third-order valence-corrected chi connectivity index (χ3v) is 2.75. The van der Waals surface area contributed by atoms with Crippen LogP contribution in [0.1, 0.15) is 78.1 Å². The van der Waals surface area contributed by atoms with E-state index in [2.05, 4.69) is 13.8 Å². The Balaban J connectivity index is 0. The standard InChI is InChI=1S/C14H28O2.Al.3H/c1-3-5-7-9-10-12-14(15)16-13-11-8-6-4-2;;;;/h3-13H2,1-2H3;;;;. The van der Waals surface area contributed by atoms with Gasteiger partial charge in [0.05, 0.1) is 6.61 Å². The van der Waals surface area contributed by atoms with Crippen molar-refractivity contribution in [1.29, 1.82) is 0 Å². The average Bonchev–Trinajstić information content (AvgIpc) is 2.28. The minimum atomic E-state index is -0.00648. The molecule has 102 valence electrons. The lowest BCUT2D eigenvalue weighted by Gasteiger charge is -2.04. The van der Waals surface area contributed by atoms with Crippen LogP contribution in [0.5, 0.6) is 0 Å². The van der Waals surface area contributed by atoms with Crippen LogP contribution < -0.4 is 0 Å². The molecule has 0 N–H and O–H groups in total. The van der Waals surface area contributed by atoms with Crippen LogP contribution in [0.15, 0.2) is 0 Å². The Morgan fingerprint density at radius 1 is 0.824 bits per heavy atom. The topological polar surface area (TPSA) is 26.3 Å². The fraction of sp³-hybridized carbons (Fsp3) is 0.929. The smallest absolute Gasteiger partial charge is 0.305 e. The summed E-state index contributed by atoms with van der Waals surface area (Å²) in [6.07, 6.45) is 11.2. The summed E-state index contributed by atoms with van der Waals surface area (Å²) in [6.45, 7) is 5.00. The van der Waals surface area contributed by atoms with Crippen LogP contribution in [0.4, 0.5) is 0 Å². The van der Waals surface area contributed by atoms with Crippen molar-refractivity contribution in [3.8, 4) is 0 Å². The predicted octanol–water partition coefficient (Wildman–Crippen LogP) is 3.29. The van der Waals surface area contributed by atoms with Gasteiger partial charge in [0.25, 0.3) is 0 Å². The molecule has 0 aromatic heterocycles. The summed E-state index contributed by atoms with van der Waals surface area (Å²) < 4.78 is 5.16. The van der Waals surface area contributed by atoms with Gasteiger partial charge in [-0.05, 0) is 12.8 Å². The van der Waals surface area contributed by atoms with Gasteiger partial charge in [-0.1, -0.05) is 58.8 Å². The van der Waals surface area contributed by atoms with Crippen LogP contribution in [-0.2, 0) is 9.53 Å². The van der Waals surface area contributed by atoms with E-state index in [0.29, 0.717) is 13.0 Å². The van der Waals surface area contributed by atoms with Gasteiger partial charge in [0.1, 0.15) is 0 Å². The van der Waals surface area contributed by atoms with E-state index in [4.69, 9.17) is 4.74 Å². The molecule has 0 fully saturated rings. The van der Waals surface area contributed by atoms with E-state index in [1.165, 1.54) is 44.9 Å². The molecule has 3 heteroatoms. The van der Waals surface area contributed by atoms with Crippen molar-refractivity contribution in [2.45, 2.75) is 78.1 Å². The lowest BCUT2D eigenvalue weighted by atomic mass is 10.1. The molecule has 0 aromatic carbocycles. The zero-order chi connectivity index (χ0) is 12.1. The summed E-state index contributed by atoms with van der Waals surface area (Å²) in [7, 11) is 0. The second-order valence-corrected chi connectivity index (χ2v) is 4.45. The first-order valence-electron chi connectivity index (χ1n) is 6.96. The molecule has 0 atom stereocenters. The summed E-state index contributed by atoms with van der Waals surface area (Å²) in [5.41, 5.74) is 0. The van der Waals surface area contributed by atoms with Gasteiger partial charge in [-0.25, -0.2) is 0 Å². The molecule has 0 unspecified atom stereocenters. The fourth-order valence-corrected chi connectivity index (χ4v) is 1.66. The molecular weight excluding hydrogens is 227 g/mol.